The van der Waals surface area contributed by atoms with Crippen molar-refractivity contribution in [2.24, 2.45) is 0 Å². The molecule has 6 aromatic rings. The van der Waals surface area contributed by atoms with Gasteiger partial charge in [-0.1, -0.05) is 103 Å². The fourth-order valence-corrected chi connectivity index (χ4v) is 7.28. The van der Waals surface area contributed by atoms with Crippen LogP contribution in [0, 0.1) is 0 Å². The highest BCUT2D eigenvalue weighted by Gasteiger charge is 2.31. The summed E-state index contributed by atoms with van der Waals surface area (Å²) < 4.78 is 15.0. The predicted octanol–water partition coefficient (Wildman–Crippen LogP) is 7.25. The number of nitrogens with zero attached hydrogens (tertiary/aromatic N) is 3. The highest BCUT2D eigenvalue weighted by atomic mass is 31.2. The van der Waals surface area contributed by atoms with Crippen molar-refractivity contribution in [1.29, 1.82) is 0 Å². The van der Waals surface area contributed by atoms with E-state index in [2.05, 4.69) is 40.2 Å². The number of hydrogen-bond acceptors (Lipinski definition) is 4. The van der Waals surface area contributed by atoms with Crippen LogP contribution in [0.2, 0.25) is 0 Å². The quantitative estimate of drug-likeness (QED) is 0.207. The Morgan fingerprint density at radius 1 is 0.538 bits per heavy atom. The molecule has 6 rings (SSSR count). The normalized spacial score (nSPS) is 11.2. The standard InChI is InChI=1S/C34H26N3OP/c38-39(30-18-6-2-7-19-30,31-20-8-3-9-21-31)34-24-13-23-33(36-34)37(28-15-4-1-5-16-28)29-17-12-14-27(26-29)32-22-10-11-25-35-32/h1-26H. The van der Waals surface area contributed by atoms with E-state index in [4.69, 9.17) is 4.98 Å². The van der Waals surface area contributed by atoms with Crippen molar-refractivity contribution in [2.75, 3.05) is 4.90 Å². The first kappa shape index (κ1) is 24.5. The molecule has 0 N–H and O–H groups in total. The van der Waals surface area contributed by atoms with Crippen molar-refractivity contribution >= 4 is 40.4 Å². The minimum Gasteiger partial charge on any atom is -0.307 e. The lowest BCUT2D eigenvalue weighted by atomic mass is 10.1. The van der Waals surface area contributed by atoms with Crippen LogP contribution in [-0.4, -0.2) is 9.97 Å². The van der Waals surface area contributed by atoms with Crippen LogP contribution in [-0.2, 0) is 4.57 Å². The molecule has 4 nitrogen and oxygen atoms in total. The lowest BCUT2D eigenvalue weighted by molar-refractivity contribution is 0.592. The van der Waals surface area contributed by atoms with Crippen LogP contribution >= 0.6 is 7.14 Å². The average molecular weight is 524 g/mol. The summed E-state index contributed by atoms with van der Waals surface area (Å²) in [5.41, 5.74) is 4.33. The van der Waals surface area contributed by atoms with Gasteiger partial charge < -0.3 is 4.57 Å². The maximum Gasteiger partial charge on any atom is 0.188 e. The fourth-order valence-electron chi connectivity index (χ4n) is 4.73. The Kier molecular flexibility index (Phi) is 6.86. The molecule has 0 spiro atoms. The molecule has 5 heteroatoms. The number of rotatable bonds is 7. The largest absolute Gasteiger partial charge is 0.307 e. The Balaban J connectivity index is 1.53. The second kappa shape index (κ2) is 10.9. The summed E-state index contributed by atoms with van der Waals surface area (Å²) in [5, 5.41) is 1.51. The van der Waals surface area contributed by atoms with Crippen LogP contribution < -0.4 is 20.9 Å². The molecule has 2 heterocycles. The molecule has 0 aliphatic carbocycles. The zero-order chi connectivity index (χ0) is 26.5. The van der Waals surface area contributed by atoms with E-state index in [-0.39, 0.29) is 0 Å². The summed E-state index contributed by atoms with van der Waals surface area (Å²) in [6.45, 7) is 0. The molecule has 39 heavy (non-hydrogen) atoms. The molecule has 0 aliphatic rings. The lowest BCUT2D eigenvalue weighted by Crippen LogP contribution is -2.28. The minimum absolute atomic E-state index is 0.541. The molecule has 0 unspecified atom stereocenters. The third-order valence-corrected chi connectivity index (χ3v) is 9.54. The smallest absolute Gasteiger partial charge is 0.188 e. The molecule has 0 aliphatic heterocycles. The summed E-state index contributed by atoms with van der Waals surface area (Å²) in [4.78, 5) is 11.7. The van der Waals surface area contributed by atoms with Crippen molar-refractivity contribution in [3.63, 3.8) is 0 Å². The van der Waals surface area contributed by atoms with Crippen molar-refractivity contribution in [3.8, 4) is 11.3 Å². The molecule has 0 bridgehead atoms. The monoisotopic (exact) mass is 523 g/mol. The van der Waals surface area contributed by atoms with Crippen LogP contribution in [0.25, 0.3) is 11.3 Å². The molecule has 4 aromatic carbocycles. The van der Waals surface area contributed by atoms with E-state index in [0.29, 0.717) is 11.3 Å². The van der Waals surface area contributed by atoms with Gasteiger partial charge in [-0.05, 0) is 48.5 Å². The van der Waals surface area contributed by atoms with Gasteiger partial charge in [-0.3, -0.25) is 9.88 Å². The first-order valence-electron chi connectivity index (χ1n) is 12.8. The van der Waals surface area contributed by atoms with Gasteiger partial charge in [0.05, 0.1) is 5.69 Å². The topological polar surface area (TPSA) is 46.1 Å². The van der Waals surface area contributed by atoms with Gasteiger partial charge in [0.1, 0.15) is 11.3 Å². The Bertz CT molecular complexity index is 1680. The highest BCUT2D eigenvalue weighted by molar-refractivity contribution is 7.85. The van der Waals surface area contributed by atoms with Crippen LogP contribution in [0.3, 0.4) is 0 Å². The Morgan fingerprint density at radius 3 is 1.77 bits per heavy atom. The first-order chi connectivity index (χ1) is 19.2. The van der Waals surface area contributed by atoms with Crippen molar-refractivity contribution in [1.82, 2.24) is 9.97 Å². The van der Waals surface area contributed by atoms with Crippen LogP contribution in [0.15, 0.2) is 158 Å². The summed E-state index contributed by atoms with van der Waals surface area (Å²) in [5.74, 6) is 0.684. The van der Waals surface area contributed by atoms with E-state index in [1.54, 1.807) is 6.20 Å². The molecular formula is C34H26N3OP. The average Bonchev–Trinajstić information content (AvgIpc) is 3.03. The zero-order valence-electron chi connectivity index (χ0n) is 21.2. The SMILES string of the molecule is O=P(c1ccccc1)(c1ccccc1)c1cccc(N(c2ccccc2)c2cccc(-c3ccccn3)c2)n1. The van der Waals surface area contributed by atoms with Gasteiger partial charge in [-0.25, -0.2) is 4.98 Å². The molecule has 0 radical (unpaired) electrons. The second-order valence-corrected chi connectivity index (χ2v) is 11.8. The van der Waals surface area contributed by atoms with Crippen molar-refractivity contribution in [2.45, 2.75) is 0 Å². The van der Waals surface area contributed by atoms with E-state index < -0.39 is 7.14 Å². The van der Waals surface area contributed by atoms with Gasteiger partial charge >= 0.3 is 0 Å². The Labute approximate surface area is 228 Å². The van der Waals surface area contributed by atoms with Crippen LogP contribution in [0.1, 0.15) is 0 Å². The van der Waals surface area contributed by atoms with E-state index in [1.807, 2.05) is 121 Å². The van der Waals surface area contributed by atoms with Gasteiger partial charge in [0.15, 0.2) is 7.14 Å². The Hall–Kier alpha value is -4.79. The molecule has 188 valence electrons. The van der Waals surface area contributed by atoms with Gasteiger partial charge in [0, 0.05) is 33.7 Å². The summed E-state index contributed by atoms with van der Waals surface area (Å²) in [6, 6.07) is 49.3. The van der Waals surface area contributed by atoms with Crippen molar-refractivity contribution < 1.29 is 4.57 Å². The predicted molar refractivity (Wildman–Crippen MR) is 162 cm³/mol. The van der Waals surface area contributed by atoms with Crippen molar-refractivity contribution in [3.05, 3.63) is 158 Å². The third-order valence-electron chi connectivity index (χ3n) is 6.59. The maximum atomic E-state index is 15.0. The molecule has 0 amide bonds. The van der Waals surface area contributed by atoms with Crippen LogP contribution in [0.5, 0.6) is 0 Å². The highest BCUT2D eigenvalue weighted by Crippen LogP contribution is 2.43. The van der Waals surface area contributed by atoms with E-state index in [1.165, 1.54) is 0 Å². The van der Waals surface area contributed by atoms with E-state index >= 15 is 4.57 Å². The lowest BCUT2D eigenvalue weighted by Gasteiger charge is -2.26. The first-order valence-corrected chi connectivity index (χ1v) is 14.5. The van der Waals surface area contributed by atoms with Crippen LogP contribution in [0.4, 0.5) is 17.2 Å². The molecule has 0 saturated carbocycles. The number of hydrogen-bond donors (Lipinski definition) is 0. The molecular weight excluding hydrogens is 497 g/mol. The van der Waals surface area contributed by atoms with E-state index in [0.717, 1.165) is 33.2 Å². The molecule has 0 atom stereocenters. The summed E-state index contributed by atoms with van der Waals surface area (Å²) in [7, 11) is -3.23. The number of para-hydroxylation sites is 1. The third kappa shape index (κ3) is 4.90. The molecule has 0 fully saturated rings. The number of pyridine rings is 2. The number of aromatic nitrogens is 2. The van der Waals surface area contributed by atoms with Gasteiger partial charge in [0.2, 0.25) is 0 Å². The Morgan fingerprint density at radius 2 is 1.13 bits per heavy atom. The molecule has 0 saturated heterocycles. The van der Waals surface area contributed by atoms with Gasteiger partial charge in [-0.2, -0.15) is 0 Å². The maximum absolute atomic E-state index is 15.0. The summed E-state index contributed by atoms with van der Waals surface area (Å²) >= 11 is 0. The fraction of sp³-hybridized carbons (Fsp3) is 0. The minimum atomic E-state index is -3.23. The zero-order valence-corrected chi connectivity index (χ0v) is 22.1. The second-order valence-electron chi connectivity index (χ2n) is 9.07. The van der Waals surface area contributed by atoms with E-state index in [9.17, 15) is 0 Å². The molecule has 2 aromatic heterocycles. The summed E-state index contributed by atoms with van der Waals surface area (Å²) in [6.07, 6.45) is 1.80. The number of anilines is 3. The van der Waals surface area contributed by atoms with Gasteiger partial charge in [0.25, 0.3) is 0 Å². The van der Waals surface area contributed by atoms with Gasteiger partial charge in [-0.15, -0.1) is 0 Å². The number of benzene rings is 4.